The lowest BCUT2D eigenvalue weighted by atomic mass is 10.1. The number of nitrogens with one attached hydrogen (secondary N) is 2. The molecule has 28 heavy (non-hydrogen) atoms. The summed E-state index contributed by atoms with van der Waals surface area (Å²) in [5, 5.41) is 0. The first-order chi connectivity index (χ1) is 13.7. The predicted octanol–water partition coefficient (Wildman–Crippen LogP) is 5.77. The SMILES string of the molecule is C=CC1=C(C=C)c2cc3ccc(cc4ccc(cc5nc(cc1n2)C=C5)[nH]4)[nH]3. The van der Waals surface area contributed by atoms with Crippen LogP contribution >= 0.6 is 0 Å². The molecule has 0 radical (unpaired) electrons. The summed E-state index contributed by atoms with van der Waals surface area (Å²) in [5.74, 6) is 0. The van der Waals surface area contributed by atoms with E-state index in [2.05, 4.69) is 47.4 Å². The molecule has 2 aliphatic heterocycles. The molecule has 5 rings (SSSR count). The molecule has 0 aliphatic carbocycles. The van der Waals surface area contributed by atoms with Gasteiger partial charge in [-0.1, -0.05) is 25.3 Å². The van der Waals surface area contributed by atoms with Gasteiger partial charge in [0.1, 0.15) is 0 Å². The number of aromatic amines is 2. The van der Waals surface area contributed by atoms with Crippen LogP contribution in [0, 0.1) is 0 Å². The Morgan fingerprint density at radius 3 is 1.71 bits per heavy atom. The highest BCUT2D eigenvalue weighted by atomic mass is 14.8. The number of hydrogen-bond donors (Lipinski definition) is 2. The Morgan fingerprint density at radius 2 is 1.11 bits per heavy atom. The third-order valence-electron chi connectivity index (χ3n) is 4.83. The molecule has 0 amide bonds. The summed E-state index contributed by atoms with van der Waals surface area (Å²) in [6.45, 7) is 7.93. The Labute approximate surface area is 162 Å². The van der Waals surface area contributed by atoms with Gasteiger partial charge >= 0.3 is 0 Å². The maximum absolute atomic E-state index is 4.82. The van der Waals surface area contributed by atoms with E-state index in [4.69, 9.17) is 9.97 Å². The van der Waals surface area contributed by atoms with Crippen molar-refractivity contribution < 1.29 is 0 Å². The summed E-state index contributed by atoms with van der Waals surface area (Å²) in [4.78, 5) is 16.3. The summed E-state index contributed by atoms with van der Waals surface area (Å²) >= 11 is 0. The van der Waals surface area contributed by atoms with Crippen LogP contribution in [0.1, 0.15) is 22.8 Å². The lowest BCUT2D eigenvalue weighted by Crippen LogP contribution is -1.80. The van der Waals surface area contributed by atoms with Crippen molar-refractivity contribution in [1.29, 1.82) is 0 Å². The van der Waals surface area contributed by atoms with Crippen LogP contribution in [0.25, 0.3) is 45.4 Å². The van der Waals surface area contributed by atoms with Crippen LogP contribution in [0.4, 0.5) is 0 Å². The van der Waals surface area contributed by atoms with Crippen molar-refractivity contribution >= 4 is 45.4 Å². The van der Waals surface area contributed by atoms with Crippen LogP contribution in [-0.2, 0) is 0 Å². The molecule has 0 fully saturated rings. The van der Waals surface area contributed by atoms with Crippen LogP contribution in [-0.4, -0.2) is 19.9 Å². The van der Waals surface area contributed by atoms with Gasteiger partial charge in [-0.25, -0.2) is 9.97 Å². The number of fused-ring (bicyclic) bond motifs is 8. The van der Waals surface area contributed by atoms with Crippen molar-refractivity contribution in [2.75, 3.05) is 0 Å². The molecular weight excluding hydrogens is 344 g/mol. The fourth-order valence-corrected chi connectivity index (χ4v) is 3.54. The molecule has 2 aliphatic rings. The zero-order valence-corrected chi connectivity index (χ0v) is 15.2. The van der Waals surface area contributed by atoms with E-state index in [9.17, 15) is 0 Å². The van der Waals surface area contributed by atoms with Crippen molar-refractivity contribution in [3.8, 4) is 0 Å². The summed E-state index contributed by atoms with van der Waals surface area (Å²) in [7, 11) is 0. The van der Waals surface area contributed by atoms with Crippen LogP contribution < -0.4 is 0 Å². The Morgan fingerprint density at radius 1 is 0.607 bits per heavy atom. The molecule has 0 atom stereocenters. The van der Waals surface area contributed by atoms with Crippen molar-refractivity contribution in [1.82, 2.24) is 19.9 Å². The summed E-state index contributed by atoms with van der Waals surface area (Å²) in [5.41, 5.74) is 9.43. The summed E-state index contributed by atoms with van der Waals surface area (Å²) in [6.07, 6.45) is 7.65. The number of hydrogen-bond acceptors (Lipinski definition) is 2. The second-order valence-corrected chi connectivity index (χ2v) is 6.73. The first kappa shape index (κ1) is 16.3. The first-order valence-electron chi connectivity index (χ1n) is 9.08. The highest BCUT2D eigenvalue weighted by Gasteiger charge is 2.15. The van der Waals surface area contributed by atoms with E-state index in [1.807, 2.05) is 48.6 Å². The molecule has 4 heteroatoms. The second kappa shape index (κ2) is 6.35. The van der Waals surface area contributed by atoms with Gasteiger partial charge in [0.15, 0.2) is 0 Å². The van der Waals surface area contributed by atoms with E-state index in [1.165, 1.54) is 0 Å². The summed E-state index contributed by atoms with van der Waals surface area (Å²) in [6, 6.07) is 16.3. The van der Waals surface area contributed by atoms with Crippen LogP contribution in [0.5, 0.6) is 0 Å². The first-order valence-corrected chi connectivity index (χ1v) is 9.08. The Bertz CT molecular complexity index is 1350. The zero-order chi connectivity index (χ0) is 19.1. The molecule has 4 nitrogen and oxygen atoms in total. The van der Waals surface area contributed by atoms with E-state index >= 15 is 0 Å². The lowest BCUT2D eigenvalue weighted by molar-refractivity contribution is 1.27. The van der Waals surface area contributed by atoms with Crippen molar-refractivity contribution in [2.45, 2.75) is 0 Å². The average Bonchev–Trinajstić information content (AvgIpc) is 3.45. The van der Waals surface area contributed by atoms with Crippen LogP contribution in [0.2, 0.25) is 0 Å². The predicted molar refractivity (Wildman–Crippen MR) is 117 cm³/mol. The number of aromatic nitrogens is 4. The fourth-order valence-electron chi connectivity index (χ4n) is 3.54. The minimum Gasteiger partial charge on any atom is -0.355 e. The second-order valence-electron chi connectivity index (χ2n) is 6.73. The Hall–Kier alpha value is -3.92. The zero-order valence-electron chi connectivity index (χ0n) is 15.2. The molecule has 8 bridgehead atoms. The number of H-pyrrole nitrogens is 2. The average molecular weight is 362 g/mol. The molecule has 134 valence electrons. The normalized spacial score (nSPS) is 13.0. The fraction of sp³-hybridized carbons (Fsp3) is 0. The van der Waals surface area contributed by atoms with Crippen LogP contribution in [0.15, 0.2) is 73.8 Å². The molecular formula is C24H18N4. The largest absolute Gasteiger partial charge is 0.355 e. The van der Waals surface area contributed by atoms with E-state index in [-0.39, 0.29) is 0 Å². The van der Waals surface area contributed by atoms with Gasteiger partial charge in [-0.3, -0.25) is 0 Å². The van der Waals surface area contributed by atoms with Crippen LogP contribution in [0.3, 0.4) is 0 Å². The van der Waals surface area contributed by atoms with Gasteiger partial charge in [0, 0.05) is 33.2 Å². The minimum absolute atomic E-state index is 0.841. The molecule has 0 aromatic carbocycles. The summed E-state index contributed by atoms with van der Waals surface area (Å²) < 4.78 is 0. The van der Waals surface area contributed by atoms with Crippen molar-refractivity contribution in [3.05, 3.63) is 96.6 Å². The molecule has 3 aromatic rings. The van der Waals surface area contributed by atoms with E-state index < -0.39 is 0 Å². The van der Waals surface area contributed by atoms with Gasteiger partial charge in [0.05, 0.1) is 22.8 Å². The van der Waals surface area contributed by atoms with Crippen molar-refractivity contribution in [3.63, 3.8) is 0 Å². The van der Waals surface area contributed by atoms with Gasteiger partial charge in [-0.05, 0) is 60.7 Å². The molecule has 3 aromatic heterocycles. The quantitative estimate of drug-likeness (QED) is 0.476. The van der Waals surface area contributed by atoms with E-state index in [1.54, 1.807) is 0 Å². The number of nitrogens with zero attached hydrogens (tertiary/aromatic N) is 2. The van der Waals surface area contributed by atoms with Gasteiger partial charge in [0.25, 0.3) is 0 Å². The van der Waals surface area contributed by atoms with E-state index in [0.717, 1.165) is 56.0 Å². The van der Waals surface area contributed by atoms with Crippen molar-refractivity contribution in [2.24, 2.45) is 0 Å². The molecule has 0 unspecified atom stereocenters. The maximum Gasteiger partial charge on any atom is 0.0737 e. The third kappa shape index (κ3) is 2.81. The molecule has 2 N–H and O–H groups in total. The molecule has 0 saturated heterocycles. The van der Waals surface area contributed by atoms with Gasteiger partial charge in [0.2, 0.25) is 0 Å². The lowest BCUT2D eigenvalue weighted by Gasteiger charge is -1.96. The standard InChI is InChI=1S/C24H18N4/c1-3-21-22(4-2)24-14-20-10-8-18(27-20)12-16-6-5-15(25-16)11-17-7-9-19(26-17)13-23(21)28-24/h3-14,25-26H,1-2H2. The molecule has 0 saturated carbocycles. The minimum atomic E-state index is 0.841. The maximum atomic E-state index is 4.82. The van der Waals surface area contributed by atoms with Gasteiger partial charge < -0.3 is 9.97 Å². The molecule has 0 spiro atoms. The third-order valence-corrected chi connectivity index (χ3v) is 4.83. The monoisotopic (exact) mass is 362 g/mol. The van der Waals surface area contributed by atoms with E-state index in [0.29, 0.717) is 0 Å². The topological polar surface area (TPSA) is 57.4 Å². The number of allylic oxidation sites excluding steroid dienone is 4. The highest BCUT2D eigenvalue weighted by Crippen LogP contribution is 2.31. The highest BCUT2D eigenvalue weighted by molar-refractivity contribution is 6.01. The Balaban J connectivity index is 1.89. The van der Waals surface area contributed by atoms with Gasteiger partial charge in [-0.15, -0.1) is 0 Å². The number of rotatable bonds is 2. The Kier molecular flexibility index (Phi) is 3.69. The molecule has 5 heterocycles. The van der Waals surface area contributed by atoms with Gasteiger partial charge in [-0.2, -0.15) is 0 Å². The smallest absolute Gasteiger partial charge is 0.0737 e.